The summed E-state index contributed by atoms with van der Waals surface area (Å²) in [5.41, 5.74) is 2.28. The Morgan fingerprint density at radius 2 is 1.97 bits per heavy atom. The number of ether oxygens (including phenoxy) is 1. The zero-order valence-electron chi connectivity index (χ0n) is 17.5. The Hall–Kier alpha value is -2.58. The van der Waals surface area contributed by atoms with E-state index < -0.39 is 0 Å². The van der Waals surface area contributed by atoms with E-state index in [1.54, 1.807) is 7.11 Å². The van der Waals surface area contributed by atoms with Crippen LogP contribution in [0.25, 0.3) is 0 Å². The molecule has 1 fully saturated rings. The maximum absolute atomic E-state index is 12.6. The van der Waals surface area contributed by atoms with Crippen LogP contribution in [-0.2, 0) is 11.2 Å². The van der Waals surface area contributed by atoms with Crippen molar-refractivity contribution in [2.24, 2.45) is 5.92 Å². The summed E-state index contributed by atoms with van der Waals surface area (Å²) in [7, 11) is 1.64. The molecule has 0 unspecified atom stereocenters. The molecule has 1 N–H and O–H groups in total. The van der Waals surface area contributed by atoms with Gasteiger partial charge in [0.1, 0.15) is 5.75 Å². The van der Waals surface area contributed by atoms with Crippen LogP contribution in [-0.4, -0.2) is 47.0 Å². The molecule has 0 saturated carbocycles. The molecular formula is C23H26N4O2S2. The number of methoxy groups -OCH3 is 1. The van der Waals surface area contributed by atoms with Crippen LogP contribution < -0.4 is 10.1 Å². The first-order valence-corrected chi connectivity index (χ1v) is 12.2. The fraction of sp³-hybridized carbons (Fsp3) is 0.348. The van der Waals surface area contributed by atoms with Crippen molar-refractivity contribution in [3.05, 3.63) is 60.2 Å². The summed E-state index contributed by atoms with van der Waals surface area (Å²) in [5.74, 6) is 2.02. The van der Waals surface area contributed by atoms with Crippen molar-refractivity contribution in [1.29, 1.82) is 0 Å². The Labute approximate surface area is 191 Å². The third-order valence-electron chi connectivity index (χ3n) is 5.38. The molecule has 1 aliphatic heterocycles. The summed E-state index contributed by atoms with van der Waals surface area (Å²) < 4.78 is 6.03. The second-order valence-corrected chi connectivity index (χ2v) is 9.73. The number of hydrogen-bond acceptors (Lipinski definition) is 7. The molecule has 0 radical (unpaired) electrons. The van der Waals surface area contributed by atoms with Crippen molar-refractivity contribution in [2.45, 2.75) is 23.6 Å². The second-order valence-electron chi connectivity index (χ2n) is 7.53. The zero-order valence-corrected chi connectivity index (χ0v) is 19.1. The molecule has 1 aliphatic rings. The molecule has 1 saturated heterocycles. The number of hydrogen-bond donors (Lipinski definition) is 1. The van der Waals surface area contributed by atoms with Crippen molar-refractivity contribution in [3.8, 4) is 5.75 Å². The Balaban J connectivity index is 1.21. The molecule has 0 atom stereocenters. The molecule has 31 heavy (non-hydrogen) atoms. The van der Waals surface area contributed by atoms with Gasteiger partial charge in [-0.25, -0.2) is 0 Å². The first kappa shape index (κ1) is 21.6. The number of benzene rings is 2. The quantitative estimate of drug-likeness (QED) is 0.490. The molecule has 0 aliphatic carbocycles. The van der Waals surface area contributed by atoms with Gasteiger partial charge in [-0.2, -0.15) is 0 Å². The number of anilines is 2. The Morgan fingerprint density at radius 3 is 2.74 bits per heavy atom. The summed E-state index contributed by atoms with van der Waals surface area (Å²) in [6, 6.07) is 18.3. The van der Waals surface area contributed by atoms with Crippen molar-refractivity contribution in [3.63, 3.8) is 0 Å². The predicted molar refractivity (Wildman–Crippen MR) is 126 cm³/mol. The van der Waals surface area contributed by atoms with Gasteiger partial charge in [-0.3, -0.25) is 4.79 Å². The van der Waals surface area contributed by atoms with Crippen molar-refractivity contribution < 1.29 is 9.53 Å². The van der Waals surface area contributed by atoms with E-state index in [9.17, 15) is 4.79 Å². The maximum Gasteiger partial charge on any atom is 0.233 e. The van der Waals surface area contributed by atoms with E-state index in [4.69, 9.17) is 4.74 Å². The van der Waals surface area contributed by atoms with Crippen LogP contribution in [0.3, 0.4) is 0 Å². The van der Waals surface area contributed by atoms with Crippen LogP contribution >= 0.6 is 23.1 Å². The van der Waals surface area contributed by atoms with Crippen molar-refractivity contribution in [1.82, 2.24) is 15.1 Å². The fourth-order valence-corrected chi connectivity index (χ4v) is 5.37. The molecule has 8 heteroatoms. The summed E-state index contributed by atoms with van der Waals surface area (Å²) >= 11 is 2.90. The Bertz CT molecular complexity index is 988. The first-order chi connectivity index (χ1) is 15.2. The van der Waals surface area contributed by atoms with Crippen LogP contribution in [0.5, 0.6) is 5.75 Å². The molecule has 162 valence electrons. The van der Waals surface area contributed by atoms with E-state index in [1.807, 2.05) is 29.2 Å². The van der Waals surface area contributed by atoms with Gasteiger partial charge < -0.3 is 15.0 Å². The fourth-order valence-electron chi connectivity index (χ4n) is 3.69. The highest BCUT2D eigenvalue weighted by molar-refractivity contribution is 8.01. The monoisotopic (exact) mass is 454 g/mol. The zero-order chi connectivity index (χ0) is 21.5. The van der Waals surface area contributed by atoms with Gasteiger partial charge in [0.15, 0.2) is 4.34 Å². The summed E-state index contributed by atoms with van der Waals surface area (Å²) in [4.78, 5) is 14.6. The van der Waals surface area contributed by atoms with Crippen molar-refractivity contribution >= 4 is 39.8 Å². The number of aromatic nitrogens is 2. The summed E-state index contributed by atoms with van der Waals surface area (Å²) in [6.45, 7) is 1.69. The van der Waals surface area contributed by atoms with Crippen LogP contribution in [0.4, 0.5) is 10.8 Å². The summed E-state index contributed by atoms with van der Waals surface area (Å²) in [6.07, 6.45) is 3.24. The van der Waals surface area contributed by atoms with Crippen LogP contribution in [0.1, 0.15) is 18.4 Å². The average molecular weight is 455 g/mol. The molecule has 3 aromatic rings. The Morgan fingerprint density at radius 1 is 1.16 bits per heavy atom. The number of carbonyl (C=O) groups excluding carboxylic acids is 1. The lowest BCUT2D eigenvalue weighted by Gasteiger charge is -2.32. The molecule has 0 spiro atoms. The number of carbonyl (C=O) groups is 1. The minimum absolute atomic E-state index is 0.181. The molecule has 2 heterocycles. The van der Waals surface area contributed by atoms with Gasteiger partial charge in [-0.1, -0.05) is 59.5 Å². The molecule has 1 aromatic heterocycles. The first-order valence-electron chi connectivity index (χ1n) is 10.4. The van der Waals surface area contributed by atoms with E-state index in [2.05, 4.69) is 45.8 Å². The van der Waals surface area contributed by atoms with Gasteiger partial charge in [0.05, 0.1) is 12.9 Å². The maximum atomic E-state index is 12.6. The number of amides is 1. The van der Waals surface area contributed by atoms with Crippen LogP contribution in [0.2, 0.25) is 0 Å². The van der Waals surface area contributed by atoms with Gasteiger partial charge in [0, 0.05) is 24.8 Å². The highest BCUT2D eigenvalue weighted by Gasteiger charge is 2.23. The van der Waals surface area contributed by atoms with Gasteiger partial charge in [-0.15, -0.1) is 10.2 Å². The molecule has 4 rings (SSSR count). The largest absolute Gasteiger partial charge is 0.497 e. The minimum atomic E-state index is 0.181. The standard InChI is InChI=1S/C23H26N4O2S2/c1-29-20-9-5-8-19(15-20)24-22-25-26-23(31-22)30-16-21(28)27-12-10-18(11-13-27)14-17-6-3-2-4-7-17/h2-9,15,18H,10-14,16H2,1H3,(H,24,25). The molecule has 6 nitrogen and oxygen atoms in total. The number of thioether (sulfide) groups is 1. The highest BCUT2D eigenvalue weighted by Crippen LogP contribution is 2.29. The van der Waals surface area contributed by atoms with E-state index in [-0.39, 0.29) is 5.91 Å². The lowest BCUT2D eigenvalue weighted by molar-refractivity contribution is -0.129. The normalized spacial score (nSPS) is 14.4. The third kappa shape index (κ3) is 6.21. The van der Waals surface area contributed by atoms with Gasteiger partial charge in [-0.05, 0) is 42.9 Å². The van der Waals surface area contributed by atoms with E-state index in [0.29, 0.717) is 16.8 Å². The van der Waals surface area contributed by atoms with Gasteiger partial charge in [0.25, 0.3) is 0 Å². The molecule has 0 bridgehead atoms. The number of rotatable bonds is 8. The second kappa shape index (κ2) is 10.6. The van der Waals surface area contributed by atoms with Crippen LogP contribution in [0.15, 0.2) is 58.9 Å². The van der Waals surface area contributed by atoms with E-state index in [0.717, 1.165) is 48.1 Å². The number of likely N-dealkylation sites (tertiary alicyclic amines) is 1. The summed E-state index contributed by atoms with van der Waals surface area (Å²) in [5, 5.41) is 12.3. The highest BCUT2D eigenvalue weighted by atomic mass is 32.2. The number of piperidine rings is 1. The van der Waals surface area contributed by atoms with Gasteiger partial charge >= 0.3 is 0 Å². The lowest BCUT2D eigenvalue weighted by Crippen LogP contribution is -2.39. The van der Waals surface area contributed by atoms with Crippen molar-refractivity contribution in [2.75, 3.05) is 31.3 Å². The predicted octanol–water partition coefficient (Wildman–Crippen LogP) is 4.86. The number of nitrogens with one attached hydrogen (secondary N) is 1. The molecule has 1 amide bonds. The molecule has 2 aromatic carbocycles. The molecular weight excluding hydrogens is 428 g/mol. The van der Waals surface area contributed by atoms with Gasteiger partial charge in [0.2, 0.25) is 11.0 Å². The lowest BCUT2D eigenvalue weighted by atomic mass is 9.90. The Kier molecular flexibility index (Phi) is 7.43. The average Bonchev–Trinajstić information content (AvgIpc) is 3.26. The third-order valence-corrected chi connectivity index (χ3v) is 7.34. The topological polar surface area (TPSA) is 67.3 Å². The minimum Gasteiger partial charge on any atom is -0.497 e. The number of nitrogens with zero attached hydrogens (tertiary/aromatic N) is 3. The van der Waals surface area contributed by atoms with E-state index >= 15 is 0 Å². The van der Waals surface area contributed by atoms with E-state index in [1.165, 1.54) is 28.7 Å². The van der Waals surface area contributed by atoms with Crippen LogP contribution in [0, 0.1) is 5.92 Å². The smallest absolute Gasteiger partial charge is 0.233 e. The SMILES string of the molecule is COc1cccc(Nc2nnc(SCC(=O)N3CCC(Cc4ccccc4)CC3)s2)c1.